The van der Waals surface area contributed by atoms with E-state index >= 15 is 0 Å². The van der Waals surface area contributed by atoms with Crippen LogP contribution in [0.2, 0.25) is 0 Å². The number of aromatic nitrogens is 1. The van der Waals surface area contributed by atoms with Gasteiger partial charge in [-0.25, -0.2) is 0 Å². The summed E-state index contributed by atoms with van der Waals surface area (Å²) in [5.74, 6) is 0. The lowest BCUT2D eigenvalue weighted by molar-refractivity contribution is 1.15. The summed E-state index contributed by atoms with van der Waals surface area (Å²) in [4.78, 5) is 4.27. The monoisotopic (exact) mass is 459 g/mol. The number of nitrogens with zero attached hydrogens (tertiary/aromatic N) is 1. The first kappa shape index (κ1) is 20.8. The van der Waals surface area contributed by atoms with Crippen LogP contribution in [0.3, 0.4) is 0 Å². The maximum Gasteiger partial charge on any atom is 0.0273 e. The van der Waals surface area contributed by atoms with E-state index in [4.69, 9.17) is 0 Å². The van der Waals surface area contributed by atoms with Crippen LogP contribution in [-0.4, -0.2) is 4.98 Å². The molecule has 36 heavy (non-hydrogen) atoms. The second-order valence-electron chi connectivity index (χ2n) is 9.52. The van der Waals surface area contributed by atoms with Crippen LogP contribution >= 0.6 is 0 Å². The average Bonchev–Trinajstić information content (AvgIpc) is 2.96. The molecule has 0 aliphatic rings. The van der Waals surface area contributed by atoms with E-state index in [2.05, 4.69) is 121 Å². The quantitative estimate of drug-likeness (QED) is 0.239. The van der Waals surface area contributed by atoms with Crippen LogP contribution in [0.25, 0.3) is 65.7 Å². The lowest BCUT2D eigenvalue weighted by atomic mass is 9.85. The Morgan fingerprint density at radius 2 is 1.06 bits per heavy atom. The molecule has 6 aromatic carbocycles. The Morgan fingerprint density at radius 1 is 0.500 bits per heavy atom. The predicted molar refractivity (Wildman–Crippen MR) is 154 cm³/mol. The zero-order valence-electron chi connectivity index (χ0n) is 20.2. The zero-order valence-corrected chi connectivity index (χ0v) is 20.2. The Balaban J connectivity index is 1.54. The first-order valence-electron chi connectivity index (χ1n) is 12.6. The second-order valence-corrected chi connectivity index (χ2v) is 9.52. The number of rotatable bonds is 4. The lowest BCUT2D eigenvalue weighted by Gasteiger charge is -2.19. The Morgan fingerprint density at radius 3 is 1.67 bits per heavy atom. The minimum Gasteiger partial charge on any atom is -0.265 e. The molecule has 0 bridgehead atoms. The summed E-state index contributed by atoms with van der Waals surface area (Å²) in [6.07, 6.45) is 4.81. The molecule has 170 valence electrons. The highest BCUT2D eigenvalue weighted by Gasteiger charge is 2.17. The van der Waals surface area contributed by atoms with E-state index < -0.39 is 0 Å². The topological polar surface area (TPSA) is 12.9 Å². The van der Waals surface area contributed by atoms with Gasteiger partial charge in [-0.3, -0.25) is 4.98 Å². The van der Waals surface area contributed by atoms with Gasteiger partial charge >= 0.3 is 0 Å². The molecule has 1 aromatic heterocycles. The van der Waals surface area contributed by atoms with Gasteiger partial charge in [-0.05, 0) is 95.9 Å². The third kappa shape index (κ3) is 3.28. The smallest absolute Gasteiger partial charge is 0.0273 e. The standard InChI is InChI=1S/C35H25N/c1-2-23-20-28-12-14-30-32(26-10-8-25(9-11-26)24-6-4-3-5-7-24)22-33(27-16-18-36-19-17-27)31-15-13-29(21-23)34(28)35(30)31/h3-22H,2H2,1H3. The number of aryl methyl sites for hydroxylation is 1. The fourth-order valence-corrected chi connectivity index (χ4v) is 5.67. The van der Waals surface area contributed by atoms with Crippen LogP contribution in [-0.2, 0) is 6.42 Å². The van der Waals surface area contributed by atoms with Gasteiger partial charge in [0.15, 0.2) is 0 Å². The average molecular weight is 460 g/mol. The van der Waals surface area contributed by atoms with Gasteiger partial charge in [-0.2, -0.15) is 0 Å². The fraction of sp³-hybridized carbons (Fsp3) is 0.0571. The highest BCUT2D eigenvalue weighted by atomic mass is 14.6. The van der Waals surface area contributed by atoms with Crippen molar-refractivity contribution in [3.05, 3.63) is 127 Å². The molecule has 0 N–H and O–H groups in total. The van der Waals surface area contributed by atoms with Gasteiger partial charge in [0.1, 0.15) is 0 Å². The molecule has 7 aromatic rings. The summed E-state index contributed by atoms with van der Waals surface area (Å²) in [6.45, 7) is 2.23. The van der Waals surface area contributed by atoms with Gasteiger partial charge < -0.3 is 0 Å². The van der Waals surface area contributed by atoms with Crippen molar-refractivity contribution in [2.45, 2.75) is 13.3 Å². The number of hydrogen-bond donors (Lipinski definition) is 0. The number of hydrogen-bond acceptors (Lipinski definition) is 1. The predicted octanol–water partition coefficient (Wildman–Crippen LogP) is 9.54. The Kier molecular flexibility index (Phi) is 4.82. The van der Waals surface area contributed by atoms with Crippen molar-refractivity contribution < 1.29 is 0 Å². The SMILES string of the molecule is CCc1cc2ccc3c(-c4ccncc4)cc(-c4ccc(-c5ccccc5)cc4)c4ccc(c1)c2c34. The van der Waals surface area contributed by atoms with Gasteiger partial charge in [-0.15, -0.1) is 0 Å². The molecule has 0 amide bonds. The van der Waals surface area contributed by atoms with Crippen molar-refractivity contribution in [1.29, 1.82) is 0 Å². The van der Waals surface area contributed by atoms with E-state index in [-0.39, 0.29) is 0 Å². The first-order chi connectivity index (χ1) is 17.8. The summed E-state index contributed by atoms with van der Waals surface area (Å²) >= 11 is 0. The van der Waals surface area contributed by atoms with Crippen LogP contribution in [0, 0.1) is 0 Å². The van der Waals surface area contributed by atoms with Gasteiger partial charge in [0.05, 0.1) is 0 Å². The molecule has 1 nitrogen and oxygen atoms in total. The van der Waals surface area contributed by atoms with E-state index in [0.717, 1.165) is 6.42 Å². The lowest BCUT2D eigenvalue weighted by Crippen LogP contribution is -1.92. The zero-order chi connectivity index (χ0) is 24.1. The van der Waals surface area contributed by atoms with E-state index in [0.29, 0.717) is 0 Å². The Bertz CT molecular complexity index is 1810. The number of pyridine rings is 1. The maximum absolute atomic E-state index is 4.27. The third-order valence-electron chi connectivity index (χ3n) is 7.48. The summed E-state index contributed by atoms with van der Waals surface area (Å²) in [6, 6.07) is 40.1. The van der Waals surface area contributed by atoms with E-state index in [1.165, 1.54) is 71.3 Å². The van der Waals surface area contributed by atoms with Gasteiger partial charge in [-0.1, -0.05) is 97.9 Å². The molecule has 1 heterocycles. The molecule has 0 radical (unpaired) electrons. The minimum atomic E-state index is 1.04. The van der Waals surface area contributed by atoms with Crippen molar-refractivity contribution in [2.24, 2.45) is 0 Å². The van der Waals surface area contributed by atoms with E-state index in [1.807, 2.05) is 12.4 Å². The normalized spacial score (nSPS) is 11.6. The van der Waals surface area contributed by atoms with Crippen LogP contribution in [0.1, 0.15) is 12.5 Å². The van der Waals surface area contributed by atoms with Gasteiger partial charge in [0.2, 0.25) is 0 Å². The van der Waals surface area contributed by atoms with Crippen molar-refractivity contribution in [1.82, 2.24) is 4.98 Å². The second kappa shape index (κ2) is 8.32. The summed E-state index contributed by atoms with van der Waals surface area (Å²) < 4.78 is 0. The Hall–Kier alpha value is -4.49. The molecule has 0 saturated heterocycles. The van der Waals surface area contributed by atoms with Gasteiger partial charge in [0, 0.05) is 12.4 Å². The molecule has 0 aliphatic heterocycles. The summed E-state index contributed by atoms with van der Waals surface area (Å²) in [5.41, 5.74) is 8.80. The molecule has 1 heteroatoms. The number of benzene rings is 6. The van der Waals surface area contributed by atoms with Crippen molar-refractivity contribution in [2.75, 3.05) is 0 Å². The van der Waals surface area contributed by atoms with Crippen LogP contribution < -0.4 is 0 Å². The Labute approximate surface area is 211 Å². The summed E-state index contributed by atoms with van der Waals surface area (Å²) in [7, 11) is 0. The van der Waals surface area contributed by atoms with E-state index in [9.17, 15) is 0 Å². The molecule has 0 saturated carbocycles. The molecule has 0 unspecified atom stereocenters. The van der Waals surface area contributed by atoms with Crippen LogP contribution in [0.4, 0.5) is 0 Å². The maximum atomic E-state index is 4.27. The minimum absolute atomic E-state index is 1.04. The highest BCUT2D eigenvalue weighted by Crippen LogP contribution is 2.44. The highest BCUT2D eigenvalue weighted by molar-refractivity contribution is 6.28. The third-order valence-corrected chi connectivity index (χ3v) is 7.48. The summed E-state index contributed by atoms with van der Waals surface area (Å²) in [5, 5.41) is 7.95. The van der Waals surface area contributed by atoms with E-state index in [1.54, 1.807) is 0 Å². The largest absolute Gasteiger partial charge is 0.265 e. The van der Waals surface area contributed by atoms with Gasteiger partial charge in [0.25, 0.3) is 0 Å². The van der Waals surface area contributed by atoms with Crippen LogP contribution in [0.15, 0.2) is 122 Å². The fourth-order valence-electron chi connectivity index (χ4n) is 5.67. The molecule has 0 aliphatic carbocycles. The molecular formula is C35H25N. The first-order valence-corrected chi connectivity index (χ1v) is 12.6. The molecule has 0 fully saturated rings. The van der Waals surface area contributed by atoms with Crippen molar-refractivity contribution in [3.63, 3.8) is 0 Å². The molecule has 0 spiro atoms. The molecular weight excluding hydrogens is 434 g/mol. The van der Waals surface area contributed by atoms with Crippen molar-refractivity contribution in [3.8, 4) is 33.4 Å². The van der Waals surface area contributed by atoms with Crippen LogP contribution in [0.5, 0.6) is 0 Å². The van der Waals surface area contributed by atoms with Crippen molar-refractivity contribution >= 4 is 32.3 Å². The molecule has 0 atom stereocenters. The molecule has 7 rings (SSSR count).